The molecule has 0 fully saturated rings. The second-order valence-electron chi connectivity index (χ2n) is 6.52. The molecule has 152 valence electrons. The molecule has 0 aliphatic heterocycles. The van der Waals surface area contributed by atoms with Gasteiger partial charge in [-0.3, -0.25) is 9.13 Å². The Balaban J connectivity index is 0.00000280. The third-order valence-electron chi connectivity index (χ3n) is 4.69. The SMILES string of the molecule is Cl.Cn1c(=O)n(C)c2cc(S(=O)(=O)N(CCCN)Cc3ccccc3)ccc21. The number of aromatic nitrogens is 2. The van der Waals surface area contributed by atoms with E-state index in [1.165, 1.54) is 13.4 Å². The highest BCUT2D eigenvalue weighted by Gasteiger charge is 2.25. The van der Waals surface area contributed by atoms with Crippen molar-refractivity contribution < 1.29 is 8.42 Å². The largest absolute Gasteiger partial charge is 0.330 e. The number of imidazole rings is 1. The van der Waals surface area contributed by atoms with Gasteiger partial charge in [0.05, 0.1) is 15.9 Å². The van der Waals surface area contributed by atoms with Crippen molar-refractivity contribution in [1.82, 2.24) is 13.4 Å². The van der Waals surface area contributed by atoms with E-state index in [0.717, 1.165) is 5.56 Å². The van der Waals surface area contributed by atoms with Gasteiger partial charge >= 0.3 is 5.69 Å². The summed E-state index contributed by atoms with van der Waals surface area (Å²) in [7, 11) is -0.426. The van der Waals surface area contributed by atoms with Gasteiger partial charge in [-0.05, 0) is 36.7 Å². The summed E-state index contributed by atoms with van der Waals surface area (Å²) in [5.74, 6) is 0. The van der Waals surface area contributed by atoms with Crippen LogP contribution >= 0.6 is 12.4 Å². The zero-order valence-corrected chi connectivity index (χ0v) is 17.5. The quantitative estimate of drug-likeness (QED) is 0.626. The lowest BCUT2D eigenvalue weighted by Crippen LogP contribution is -2.32. The number of benzene rings is 2. The molecule has 2 aromatic carbocycles. The molecule has 0 spiro atoms. The molecule has 0 saturated carbocycles. The average Bonchev–Trinajstić information content (AvgIpc) is 2.89. The van der Waals surface area contributed by atoms with Gasteiger partial charge in [0, 0.05) is 27.2 Å². The van der Waals surface area contributed by atoms with Crippen molar-refractivity contribution in [3.05, 3.63) is 64.6 Å². The minimum Gasteiger partial charge on any atom is -0.330 e. The number of nitrogens with two attached hydrogens (primary N) is 1. The molecule has 0 amide bonds. The van der Waals surface area contributed by atoms with Gasteiger partial charge in [0.25, 0.3) is 0 Å². The van der Waals surface area contributed by atoms with Crippen LogP contribution < -0.4 is 11.4 Å². The van der Waals surface area contributed by atoms with Crippen LogP contribution in [0.5, 0.6) is 0 Å². The molecular formula is C19H25ClN4O3S. The zero-order chi connectivity index (χ0) is 19.6. The molecule has 1 aromatic heterocycles. The van der Waals surface area contributed by atoms with Crippen LogP contribution in [0.3, 0.4) is 0 Å². The molecule has 1 heterocycles. The fraction of sp³-hybridized carbons (Fsp3) is 0.316. The van der Waals surface area contributed by atoms with Crippen LogP contribution in [0.15, 0.2) is 58.2 Å². The Kier molecular flexibility index (Phi) is 7.06. The van der Waals surface area contributed by atoms with E-state index in [1.807, 2.05) is 30.3 Å². The fourth-order valence-electron chi connectivity index (χ4n) is 3.14. The Morgan fingerprint density at radius 2 is 1.64 bits per heavy atom. The molecular weight excluding hydrogens is 400 g/mol. The molecule has 0 aliphatic carbocycles. The highest BCUT2D eigenvalue weighted by atomic mass is 35.5. The first-order chi connectivity index (χ1) is 12.9. The van der Waals surface area contributed by atoms with Crippen LogP contribution in [-0.2, 0) is 30.7 Å². The highest BCUT2D eigenvalue weighted by molar-refractivity contribution is 7.89. The Labute approximate surface area is 170 Å². The predicted molar refractivity (Wildman–Crippen MR) is 113 cm³/mol. The summed E-state index contributed by atoms with van der Waals surface area (Å²) in [6, 6.07) is 14.2. The number of nitrogens with zero attached hydrogens (tertiary/aromatic N) is 3. The maximum atomic E-state index is 13.3. The number of fused-ring (bicyclic) bond motifs is 1. The van der Waals surface area contributed by atoms with Crippen LogP contribution in [0, 0.1) is 0 Å². The minimum absolute atomic E-state index is 0. The molecule has 0 aliphatic rings. The third-order valence-corrected chi connectivity index (χ3v) is 6.54. The molecule has 3 aromatic rings. The van der Waals surface area contributed by atoms with Crippen molar-refractivity contribution >= 4 is 33.5 Å². The van der Waals surface area contributed by atoms with Crippen molar-refractivity contribution in [2.24, 2.45) is 19.8 Å². The van der Waals surface area contributed by atoms with Crippen molar-refractivity contribution in [2.45, 2.75) is 17.9 Å². The third kappa shape index (κ3) is 4.15. The highest BCUT2D eigenvalue weighted by Crippen LogP contribution is 2.23. The molecule has 2 N–H and O–H groups in total. The van der Waals surface area contributed by atoms with E-state index >= 15 is 0 Å². The number of sulfonamides is 1. The lowest BCUT2D eigenvalue weighted by molar-refractivity contribution is 0.402. The van der Waals surface area contributed by atoms with E-state index < -0.39 is 10.0 Å². The number of hydrogen-bond acceptors (Lipinski definition) is 4. The number of aryl methyl sites for hydroxylation is 2. The van der Waals surface area contributed by atoms with Crippen molar-refractivity contribution in [3.8, 4) is 0 Å². The van der Waals surface area contributed by atoms with Gasteiger partial charge in [-0.15, -0.1) is 12.4 Å². The van der Waals surface area contributed by atoms with E-state index in [2.05, 4.69) is 0 Å². The van der Waals surface area contributed by atoms with Gasteiger partial charge in [0.2, 0.25) is 10.0 Å². The van der Waals surface area contributed by atoms with E-state index in [-0.39, 0.29) is 29.5 Å². The second kappa shape index (κ2) is 8.91. The van der Waals surface area contributed by atoms with Crippen molar-refractivity contribution in [1.29, 1.82) is 0 Å². The smallest absolute Gasteiger partial charge is 0.328 e. The standard InChI is InChI=1S/C19H24N4O3S.ClH/c1-21-17-10-9-16(13-18(17)22(2)19(21)24)27(25,26)23(12-6-11-20)14-15-7-4-3-5-8-15;/h3-5,7-10,13H,6,11-12,14,20H2,1-2H3;1H. The van der Waals surface area contributed by atoms with Crippen LogP contribution in [0.2, 0.25) is 0 Å². The Morgan fingerprint density at radius 1 is 1.00 bits per heavy atom. The van der Waals surface area contributed by atoms with Gasteiger partial charge in [-0.2, -0.15) is 4.31 Å². The zero-order valence-electron chi connectivity index (χ0n) is 15.9. The number of hydrogen-bond donors (Lipinski definition) is 1. The second-order valence-corrected chi connectivity index (χ2v) is 8.46. The summed E-state index contributed by atoms with van der Waals surface area (Å²) in [6.45, 7) is 1.02. The maximum absolute atomic E-state index is 13.3. The lowest BCUT2D eigenvalue weighted by atomic mass is 10.2. The normalized spacial score (nSPS) is 11.7. The summed E-state index contributed by atoms with van der Waals surface area (Å²) < 4.78 is 31.0. The Hall–Kier alpha value is -2.13. The summed E-state index contributed by atoms with van der Waals surface area (Å²) in [5, 5.41) is 0. The molecule has 3 rings (SSSR count). The molecule has 28 heavy (non-hydrogen) atoms. The first-order valence-corrected chi connectivity index (χ1v) is 10.2. The average molecular weight is 425 g/mol. The van der Waals surface area contributed by atoms with Gasteiger partial charge in [0.15, 0.2) is 0 Å². The molecule has 7 nitrogen and oxygen atoms in total. The first kappa shape index (κ1) is 22.2. The number of rotatable bonds is 7. The lowest BCUT2D eigenvalue weighted by Gasteiger charge is -2.22. The molecule has 0 saturated heterocycles. The van der Waals surface area contributed by atoms with Gasteiger partial charge in [-0.25, -0.2) is 13.2 Å². The number of halogens is 1. The van der Waals surface area contributed by atoms with E-state index in [0.29, 0.717) is 30.5 Å². The van der Waals surface area contributed by atoms with Gasteiger partial charge < -0.3 is 5.73 Å². The summed E-state index contributed by atoms with van der Waals surface area (Å²) >= 11 is 0. The van der Waals surface area contributed by atoms with Crippen LogP contribution in [0.25, 0.3) is 11.0 Å². The maximum Gasteiger partial charge on any atom is 0.328 e. The Morgan fingerprint density at radius 3 is 2.29 bits per heavy atom. The monoisotopic (exact) mass is 424 g/mol. The van der Waals surface area contributed by atoms with Gasteiger partial charge in [0.1, 0.15) is 0 Å². The van der Waals surface area contributed by atoms with E-state index in [1.54, 1.807) is 32.3 Å². The molecule has 0 unspecified atom stereocenters. The van der Waals surface area contributed by atoms with Crippen LogP contribution in [0.1, 0.15) is 12.0 Å². The summed E-state index contributed by atoms with van der Waals surface area (Å²) in [4.78, 5) is 12.3. The summed E-state index contributed by atoms with van der Waals surface area (Å²) in [5.41, 5.74) is 7.60. The molecule has 9 heteroatoms. The molecule has 0 radical (unpaired) electrons. The summed E-state index contributed by atoms with van der Waals surface area (Å²) in [6.07, 6.45) is 0.568. The van der Waals surface area contributed by atoms with Crippen LogP contribution in [-0.4, -0.2) is 34.9 Å². The van der Waals surface area contributed by atoms with Crippen molar-refractivity contribution in [2.75, 3.05) is 13.1 Å². The first-order valence-electron chi connectivity index (χ1n) is 8.76. The predicted octanol–water partition coefficient (Wildman–Crippen LogP) is 1.84. The Bertz CT molecular complexity index is 1110. The minimum atomic E-state index is -3.73. The molecule has 0 atom stereocenters. The van der Waals surface area contributed by atoms with Crippen molar-refractivity contribution in [3.63, 3.8) is 0 Å². The van der Waals surface area contributed by atoms with E-state index in [9.17, 15) is 13.2 Å². The van der Waals surface area contributed by atoms with Crippen LogP contribution in [0.4, 0.5) is 0 Å². The topological polar surface area (TPSA) is 90.3 Å². The fourth-order valence-corrected chi connectivity index (χ4v) is 4.62. The molecule has 0 bridgehead atoms. The van der Waals surface area contributed by atoms with Gasteiger partial charge in [-0.1, -0.05) is 30.3 Å². The van der Waals surface area contributed by atoms with E-state index in [4.69, 9.17) is 5.73 Å².